The van der Waals surface area contributed by atoms with Gasteiger partial charge in [0.05, 0.1) is 31.0 Å². The first kappa shape index (κ1) is 12.6. The van der Waals surface area contributed by atoms with Gasteiger partial charge < -0.3 is 10.1 Å². The number of nitrogens with one attached hydrogen (secondary N) is 1. The van der Waals surface area contributed by atoms with E-state index in [4.69, 9.17) is 10.00 Å². The summed E-state index contributed by atoms with van der Waals surface area (Å²) in [5.74, 6) is -0.0976. The number of hydrogen-bond acceptors (Lipinski definition) is 4. The Balaban J connectivity index is 1.92. The van der Waals surface area contributed by atoms with Gasteiger partial charge in [-0.3, -0.25) is 9.69 Å². The number of carbonyl (C=O) groups excluding carboxylic acids is 1. The lowest BCUT2D eigenvalue weighted by molar-refractivity contribution is -0.118. The van der Waals surface area contributed by atoms with E-state index in [1.165, 1.54) is 0 Å². The van der Waals surface area contributed by atoms with Gasteiger partial charge >= 0.3 is 0 Å². The maximum absolute atomic E-state index is 11.8. The van der Waals surface area contributed by atoms with Crippen molar-refractivity contribution in [2.45, 2.75) is 0 Å². The molecule has 1 aliphatic heterocycles. The predicted octanol–water partition coefficient (Wildman–Crippen LogP) is 0.829. The summed E-state index contributed by atoms with van der Waals surface area (Å²) >= 11 is 0. The zero-order chi connectivity index (χ0) is 12.8. The van der Waals surface area contributed by atoms with Crippen LogP contribution in [0.1, 0.15) is 5.56 Å². The van der Waals surface area contributed by atoms with Crippen molar-refractivity contribution in [2.75, 3.05) is 38.2 Å². The van der Waals surface area contributed by atoms with Crippen molar-refractivity contribution in [1.82, 2.24) is 4.90 Å². The predicted molar refractivity (Wildman–Crippen MR) is 67.0 cm³/mol. The van der Waals surface area contributed by atoms with Crippen LogP contribution in [0.3, 0.4) is 0 Å². The summed E-state index contributed by atoms with van der Waals surface area (Å²) < 4.78 is 5.22. The van der Waals surface area contributed by atoms with Crippen LogP contribution in [-0.2, 0) is 9.53 Å². The van der Waals surface area contributed by atoms with Gasteiger partial charge in [0.15, 0.2) is 0 Å². The van der Waals surface area contributed by atoms with Crippen molar-refractivity contribution in [3.63, 3.8) is 0 Å². The number of para-hydroxylation sites is 1. The fourth-order valence-corrected chi connectivity index (χ4v) is 1.84. The number of benzene rings is 1. The molecule has 5 nitrogen and oxygen atoms in total. The number of hydrogen-bond donors (Lipinski definition) is 1. The van der Waals surface area contributed by atoms with E-state index in [0.717, 1.165) is 13.1 Å². The van der Waals surface area contributed by atoms with Crippen LogP contribution in [-0.4, -0.2) is 43.7 Å². The van der Waals surface area contributed by atoms with Crippen molar-refractivity contribution in [3.8, 4) is 6.07 Å². The first-order valence-corrected chi connectivity index (χ1v) is 5.88. The molecule has 0 saturated carbocycles. The summed E-state index contributed by atoms with van der Waals surface area (Å²) in [5, 5.41) is 11.7. The summed E-state index contributed by atoms with van der Waals surface area (Å²) in [6, 6.07) is 9.04. The third kappa shape index (κ3) is 3.29. The molecule has 1 amide bonds. The number of nitriles is 1. The second-order valence-corrected chi connectivity index (χ2v) is 4.09. The van der Waals surface area contributed by atoms with Crippen LogP contribution < -0.4 is 5.32 Å². The summed E-state index contributed by atoms with van der Waals surface area (Å²) in [5.41, 5.74) is 1.05. The average Bonchev–Trinajstić information content (AvgIpc) is 2.40. The lowest BCUT2D eigenvalue weighted by Gasteiger charge is -2.25. The normalized spacial score (nSPS) is 15.9. The molecule has 1 saturated heterocycles. The van der Waals surface area contributed by atoms with Crippen molar-refractivity contribution >= 4 is 11.6 Å². The first-order valence-electron chi connectivity index (χ1n) is 5.88. The standard InChI is InChI=1S/C13H15N3O2/c14-9-11-3-1-2-4-12(11)15-13(17)10-16-5-7-18-8-6-16/h1-4H,5-8,10H2,(H,15,17). The van der Waals surface area contributed by atoms with Gasteiger partial charge in [-0.2, -0.15) is 5.26 Å². The molecular weight excluding hydrogens is 230 g/mol. The zero-order valence-corrected chi connectivity index (χ0v) is 10.1. The van der Waals surface area contributed by atoms with Crippen molar-refractivity contribution in [1.29, 1.82) is 5.26 Å². The molecule has 0 radical (unpaired) electrons. The van der Waals surface area contributed by atoms with Gasteiger partial charge in [-0.05, 0) is 12.1 Å². The Morgan fingerprint density at radius 2 is 2.11 bits per heavy atom. The molecule has 1 fully saturated rings. The Morgan fingerprint density at radius 3 is 2.83 bits per heavy atom. The largest absolute Gasteiger partial charge is 0.379 e. The molecule has 18 heavy (non-hydrogen) atoms. The smallest absolute Gasteiger partial charge is 0.238 e. The van der Waals surface area contributed by atoms with Crippen molar-refractivity contribution in [3.05, 3.63) is 29.8 Å². The minimum atomic E-state index is -0.0976. The zero-order valence-electron chi connectivity index (χ0n) is 10.1. The number of rotatable bonds is 3. The van der Waals surface area contributed by atoms with E-state index in [-0.39, 0.29) is 5.91 Å². The molecule has 1 aromatic rings. The number of anilines is 1. The number of morpholine rings is 1. The van der Waals surface area contributed by atoms with Crippen LogP contribution in [0.2, 0.25) is 0 Å². The molecule has 1 heterocycles. The number of ether oxygens (including phenoxy) is 1. The third-order valence-electron chi connectivity index (χ3n) is 2.79. The Kier molecular flexibility index (Phi) is 4.29. The highest BCUT2D eigenvalue weighted by Gasteiger charge is 2.14. The van der Waals surface area contributed by atoms with Crippen molar-refractivity contribution < 1.29 is 9.53 Å². The number of nitrogens with zero attached hydrogens (tertiary/aromatic N) is 2. The van der Waals surface area contributed by atoms with E-state index in [1.807, 2.05) is 4.90 Å². The van der Waals surface area contributed by atoms with Crippen LogP contribution >= 0.6 is 0 Å². The molecule has 0 aliphatic carbocycles. The molecule has 1 aliphatic rings. The lowest BCUT2D eigenvalue weighted by Crippen LogP contribution is -2.41. The molecular formula is C13H15N3O2. The lowest BCUT2D eigenvalue weighted by atomic mass is 10.2. The molecule has 0 unspecified atom stereocenters. The SMILES string of the molecule is N#Cc1ccccc1NC(=O)CN1CCOCC1. The van der Waals surface area contributed by atoms with Gasteiger partial charge in [-0.25, -0.2) is 0 Å². The summed E-state index contributed by atoms with van der Waals surface area (Å²) in [7, 11) is 0. The second kappa shape index (κ2) is 6.15. The molecule has 0 bridgehead atoms. The molecule has 2 rings (SSSR count). The molecule has 1 aromatic carbocycles. The molecule has 94 valence electrons. The molecule has 0 aromatic heterocycles. The van der Waals surface area contributed by atoms with Crippen LogP contribution in [0.4, 0.5) is 5.69 Å². The van der Waals surface area contributed by atoms with Gasteiger partial charge in [0.25, 0.3) is 0 Å². The fourth-order valence-electron chi connectivity index (χ4n) is 1.84. The van der Waals surface area contributed by atoms with E-state index in [1.54, 1.807) is 24.3 Å². The Bertz CT molecular complexity index is 462. The summed E-state index contributed by atoms with van der Waals surface area (Å²) in [6.07, 6.45) is 0. The molecule has 0 atom stereocenters. The van der Waals surface area contributed by atoms with E-state index >= 15 is 0 Å². The Labute approximate surface area is 106 Å². The Morgan fingerprint density at radius 1 is 1.39 bits per heavy atom. The second-order valence-electron chi connectivity index (χ2n) is 4.09. The minimum absolute atomic E-state index is 0.0976. The van der Waals surface area contributed by atoms with Crippen LogP contribution in [0.5, 0.6) is 0 Å². The quantitative estimate of drug-likeness (QED) is 0.856. The monoisotopic (exact) mass is 245 g/mol. The number of carbonyl (C=O) groups is 1. The van der Waals surface area contributed by atoms with E-state index in [9.17, 15) is 4.79 Å². The van der Waals surface area contributed by atoms with Crippen molar-refractivity contribution in [2.24, 2.45) is 0 Å². The van der Waals surface area contributed by atoms with E-state index in [2.05, 4.69) is 11.4 Å². The summed E-state index contributed by atoms with van der Waals surface area (Å²) in [6.45, 7) is 3.22. The summed E-state index contributed by atoms with van der Waals surface area (Å²) in [4.78, 5) is 13.9. The van der Waals surface area contributed by atoms with E-state index < -0.39 is 0 Å². The first-order chi connectivity index (χ1) is 8.79. The van der Waals surface area contributed by atoms with Gasteiger partial charge in [0, 0.05) is 13.1 Å². The van der Waals surface area contributed by atoms with Crippen LogP contribution in [0, 0.1) is 11.3 Å². The molecule has 5 heteroatoms. The third-order valence-corrected chi connectivity index (χ3v) is 2.79. The fraction of sp³-hybridized carbons (Fsp3) is 0.385. The van der Waals surface area contributed by atoms with Gasteiger partial charge in [0.1, 0.15) is 6.07 Å². The highest BCUT2D eigenvalue weighted by atomic mass is 16.5. The van der Waals surface area contributed by atoms with E-state index in [0.29, 0.717) is 31.0 Å². The van der Waals surface area contributed by atoms with Gasteiger partial charge in [-0.1, -0.05) is 12.1 Å². The van der Waals surface area contributed by atoms with Gasteiger partial charge in [-0.15, -0.1) is 0 Å². The maximum atomic E-state index is 11.8. The number of amides is 1. The highest BCUT2D eigenvalue weighted by Crippen LogP contribution is 2.13. The maximum Gasteiger partial charge on any atom is 0.238 e. The van der Waals surface area contributed by atoms with Crippen LogP contribution in [0.15, 0.2) is 24.3 Å². The van der Waals surface area contributed by atoms with Gasteiger partial charge in [0.2, 0.25) is 5.91 Å². The topological polar surface area (TPSA) is 65.4 Å². The highest BCUT2D eigenvalue weighted by molar-refractivity contribution is 5.93. The molecule has 1 N–H and O–H groups in total. The molecule has 0 spiro atoms. The Hall–Kier alpha value is -1.90. The minimum Gasteiger partial charge on any atom is -0.379 e. The average molecular weight is 245 g/mol. The van der Waals surface area contributed by atoms with Crippen LogP contribution in [0.25, 0.3) is 0 Å².